The molecular weight excluding hydrogens is 334 g/mol. The van der Waals surface area contributed by atoms with Crippen LogP contribution >= 0.6 is 0 Å². The molecule has 3 N–H and O–H groups in total. The Hall–Kier alpha value is -3.55. The van der Waals surface area contributed by atoms with Crippen molar-refractivity contribution in [2.75, 3.05) is 25.3 Å². The van der Waals surface area contributed by atoms with Crippen LogP contribution in [0.5, 0.6) is 11.5 Å². The monoisotopic (exact) mass is 353 g/mol. The Labute approximate surface area is 150 Å². The van der Waals surface area contributed by atoms with Crippen LogP contribution in [0.2, 0.25) is 0 Å². The van der Waals surface area contributed by atoms with Gasteiger partial charge < -0.3 is 20.5 Å². The number of nitrogen functional groups attached to an aromatic ring is 1. The van der Waals surface area contributed by atoms with Gasteiger partial charge in [-0.25, -0.2) is 4.98 Å². The summed E-state index contributed by atoms with van der Waals surface area (Å²) in [7, 11) is 4.82. The third kappa shape index (κ3) is 3.16. The molecule has 1 aromatic carbocycles. The van der Waals surface area contributed by atoms with Crippen LogP contribution < -0.4 is 20.5 Å². The van der Waals surface area contributed by atoms with Gasteiger partial charge in [-0.05, 0) is 24.3 Å². The number of ether oxygens (including phenoxy) is 2. The van der Waals surface area contributed by atoms with Crippen LogP contribution in [-0.4, -0.2) is 34.9 Å². The zero-order valence-corrected chi connectivity index (χ0v) is 14.7. The highest BCUT2D eigenvalue weighted by Gasteiger charge is 2.16. The Balaban J connectivity index is 1.91. The van der Waals surface area contributed by atoms with Crippen molar-refractivity contribution >= 4 is 17.5 Å². The normalized spacial score (nSPS) is 10.4. The number of anilines is 2. The number of para-hydroxylation sites is 1. The highest BCUT2D eigenvalue weighted by atomic mass is 16.5. The summed E-state index contributed by atoms with van der Waals surface area (Å²) in [5.74, 6) is 1.45. The molecule has 134 valence electrons. The number of nitrogens with zero attached hydrogens (tertiary/aromatic N) is 3. The molecule has 0 aliphatic heterocycles. The van der Waals surface area contributed by atoms with Gasteiger partial charge in [0.25, 0.3) is 5.91 Å². The first-order valence-electron chi connectivity index (χ1n) is 7.82. The minimum atomic E-state index is -0.316. The van der Waals surface area contributed by atoms with Gasteiger partial charge in [0, 0.05) is 24.4 Å². The minimum absolute atomic E-state index is 0.263. The van der Waals surface area contributed by atoms with Gasteiger partial charge in [-0.15, -0.1) is 0 Å². The van der Waals surface area contributed by atoms with Crippen molar-refractivity contribution in [2.45, 2.75) is 0 Å². The van der Waals surface area contributed by atoms with Gasteiger partial charge in [0.1, 0.15) is 17.3 Å². The number of pyridine rings is 1. The molecular formula is C18H19N5O3. The van der Waals surface area contributed by atoms with Crippen molar-refractivity contribution in [1.29, 1.82) is 0 Å². The van der Waals surface area contributed by atoms with Crippen LogP contribution in [0, 0.1) is 0 Å². The fourth-order valence-corrected chi connectivity index (χ4v) is 2.65. The Bertz CT molecular complexity index is 952. The molecule has 1 amide bonds. The number of carbonyl (C=O) groups excluding carboxylic acids is 1. The first-order chi connectivity index (χ1) is 12.5. The topological polar surface area (TPSA) is 104 Å². The maximum Gasteiger partial charge on any atom is 0.275 e. The fourth-order valence-electron chi connectivity index (χ4n) is 2.65. The molecule has 0 atom stereocenters. The van der Waals surface area contributed by atoms with E-state index in [2.05, 4.69) is 15.4 Å². The predicted octanol–water partition coefficient (Wildman–Crippen LogP) is 2.33. The van der Waals surface area contributed by atoms with Gasteiger partial charge in [0.2, 0.25) is 0 Å². The van der Waals surface area contributed by atoms with E-state index in [4.69, 9.17) is 15.2 Å². The molecule has 8 nitrogen and oxygen atoms in total. The molecule has 2 heterocycles. The Morgan fingerprint density at radius 2 is 1.92 bits per heavy atom. The lowest BCUT2D eigenvalue weighted by atomic mass is 10.0. The number of hydrogen-bond donors (Lipinski definition) is 2. The Morgan fingerprint density at radius 3 is 2.54 bits per heavy atom. The van der Waals surface area contributed by atoms with Crippen LogP contribution in [-0.2, 0) is 7.05 Å². The number of hydrogen-bond acceptors (Lipinski definition) is 6. The second-order valence-electron chi connectivity index (χ2n) is 5.46. The second kappa shape index (κ2) is 7.14. The average molecular weight is 353 g/mol. The number of nitrogens with one attached hydrogen (secondary N) is 1. The van der Waals surface area contributed by atoms with Crippen LogP contribution in [0.4, 0.5) is 11.6 Å². The summed E-state index contributed by atoms with van der Waals surface area (Å²) in [6.07, 6.45) is 1.55. The number of aryl methyl sites for hydroxylation is 1. The van der Waals surface area contributed by atoms with Crippen LogP contribution in [0.15, 0.2) is 42.6 Å². The Kier molecular flexibility index (Phi) is 4.74. The summed E-state index contributed by atoms with van der Waals surface area (Å²) in [6, 6.07) is 10.6. The lowest BCUT2D eigenvalue weighted by Gasteiger charge is -2.14. The smallest absolute Gasteiger partial charge is 0.275 e. The maximum atomic E-state index is 12.3. The molecule has 0 saturated carbocycles. The van der Waals surface area contributed by atoms with Crippen LogP contribution in [0.3, 0.4) is 0 Å². The summed E-state index contributed by atoms with van der Waals surface area (Å²) in [4.78, 5) is 16.5. The highest BCUT2D eigenvalue weighted by molar-refractivity contribution is 6.02. The van der Waals surface area contributed by atoms with Crippen molar-refractivity contribution in [3.05, 3.63) is 48.3 Å². The number of benzene rings is 1. The van der Waals surface area contributed by atoms with Crippen molar-refractivity contribution in [1.82, 2.24) is 14.8 Å². The van der Waals surface area contributed by atoms with E-state index in [9.17, 15) is 4.79 Å². The number of methoxy groups -OCH3 is 2. The molecule has 0 fully saturated rings. The fraction of sp³-hybridized carbons (Fsp3) is 0.167. The van der Waals surface area contributed by atoms with Gasteiger partial charge in [0.15, 0.2) is 11.5 Å². The van der Waals surface area contributed by atoms with Crippen molar-refractivity contribution in [3.8, 4) is 22.6 Å². The van der Waals surface area contributed by atoms with E-state index in [-0.39, 0.29) is 11.7 Å². The SMILES string of the molecule is COc1cccc(-c2ccc(NC(=O)c3ccnn3C)nc2N)c1OC. The largest absolute Gasteiger partial charge is 0.493 e. The predicted molar refractivity (Wildman–Crippen MR) is 98.4 cm³/mol. The number of amides is 1. The summed E-state index contributed by atoms with van der Waals surface area (Å²) in [5.41, 5.74) is 7.97. The van der Waals surface area contributed by atoms with Crippen LogP contribution in [0.25, 0.3) is 11.1 Å². The van der Waals surface area contributed by atoms with Gasteiger partial charge in [-0.3, -0.25) is 9.48 Å². The zero-order valence-electron chi connectivity index (χ0n) is 14.7. The molecule has 0 saturated heterocycles. The summed E-state index contributed by atoms with van der Waals surface area (Å²) < 4.78 is 12.2. The quantitative estimate of drug-likeness (QED) is 0.729. The van der Waals surface area contributed by atoms with E-state index in [0.29, 0.717) is 28.6 Å². The Morgan fingerprint density at radius 1 is 1.12 bits per heavy atom. The summed E-state index contributed by atoms with van der Waals surface area (Å²) in [5, 5.41) is 6.68. The van der Waals surface area contributed by atoms with E-state index < -0.39 is 0 Å². The molecule has 2 aromatic heterocycles. The molecule has 0 aliphatic carbocycles. The third-order valence-corrected chi connectivity index (χ3v) is 3.91. The lowest BCUT2D eigenvalue weighted by Crippen LogP contribution is -2.17. The summed E-state index contributed by atoms with van der Waals surface area (Å²) in [6.45, 7) is 0. The van der Waals surface area contributed by atoms with Crippen LogP contribution in [0.1, 0.15) is 10.5 Å². The number of aromatic nitrogens is 3. The lowest BCUT2D eigenvalue weighted by molar-refractivity contribution is 0.101. The molecule has 0 radical (unpaired) electrons. The summed E-state index contributed by atoms with van der Waals surface area (Å²) >= 11 is 0. The van der Waals surface area contributed by atoms with Gasteiger partial charge in [-0.2, -0.15) is 5.10 Å². The van der Waals surface area contributed by atoms with E-state index in [1.54, 1.807) is 51.7 Å². The molecule has 0 bridgehead atoms. The van der Waals surface area contributed by atoms with E-state index in [1.165, 1.54) is 4.68 Å². The number of nitrogens with two attached hydrogens (primary N) is 1. The minimum Gasteiger partial charge on any atom is -0.493 e. The van der Waals surface area contributed by atoms with Gasteiger partial charge in [-0.1, -0.05) is 12.1 Å². The molecule has 3 rings (SSSR count). The first-order valence-corrected chi connectivity index (χ1v) is 7.82. The third-order valence-electron chi connectivity index (χ3n) is 3.91. The average Bonchev–Trinajstić information content (AvgIpc) is 3.07. The zero-order chi connectivity index (χ0) is 18.7. The standard InChI is InChI=1S/C18H19N5O3/c1-23-13(9-10-20-23)18(24)22-15-8-7-12(17(19)21-15)11-5-4-6-14(25-2)16(11)26-3/h4-10H,1-3H3,(H3,19,21,22,24). The van der Waals surface area contributed by atoms with Gasteiger partial charge >= 0.3 is 0 Å². The molecule has 26 heavy (non-hydrogen) atoms. The molecule has 8 heteroatoms. The molecule has 0 spiro atoms. The van der Waals surface area contributed by atoms with E-state index >= 15 is 0 Å². The first kappa shape index (κ1) is 17.3. The number of carbonyl (C=O) groups is 1. The maximum absolute atomic E-state index is 12.3. The number of rotatable bonds is 5. The molecule has 0 aliphatic rings. The molecule has 0 unspecified atom stereocenters. The van der Waals surface area contributed by atoms with Crippen molar-refractivity contribution in [2.24, 2.45) is 7.05 Å². The second-order valence-corrected chi connectivity index (χ2v) is 5.46. The van der Waals surface area contributed by atoms with E-state index in [1.807, 2.05) is 12.1 Å². The van der Waals surface area contributed by atoms with Crippen molar-refractivity contribution < 1.29 is 14.3 Å². The van der Waals surface area contributed by atoms with Crippen molar-refractivity contribution in [3.63, 3.8) is 0 Å². The van der Waals surface area contributed by atoms with E-state index in [0.717, 1.165) is 5.56 Å². The van der Waals surface area contributed by atoms with Gasteiger partial charge in [0.05, 0.1) is 14.2 Å². The molecule has 3 aromatic rings. The highest BCUT2D eigenvalue weighted by Crippen LogP contribution is 2.39.